The molecule has 0 bridgehead atoms. The Balaban J connectivity index is 1.79. The summed E-state index contributed by atoms with van der Waals surface area (Å²) in [5, 5.41) is 3.05. The van der Waals surface area contributed by atoms with E-state index in [0.717, 1.165) is 25.7 Å². The van der Waals surface area contributed by atoms with Gasteiger partial charge in [-0.2, -0.15) is 0 Å². The van der Waals surface area contributed by atoms with Gasteiger partial charge in [-0.15, -0.1) is 0 Å². The molecule has 1 aliphatic heterocycles. The van der Waals surface area contributed by atoms with Gasteiger partial charge in [-0.3, -0.25) is 4.79 Å². The van der Waals surface area contributed by atoms with Crippen LogP contribution in [0.25, 0.3) is 0 Å². The third kappa shape index (κ3) is 4.18. The standard InChI is InChI=1S/C19H25F2NO3/c1-24-10-9-18(23)22-15-11-17(19-13(20)6-4-7-14(19)21)25-16-8-3-2-5-12(15)16/h4,6-7,12,15-17H,2-3,5,8-11H2,1H3,(H,22,23)/t12-,15+,16+,17+/m0/s1. The topological polar surface area (TPSA) is 47.6 Å². The van der Waals surface area contributed by atoms with Gasteiger partial charge in [0.2, 0.25) is 5.91 Å². The molecule has 1 aliphatic carbocycles. The Bertz CT molecular complexity index is 590. The van der Waals surface area contributed by atoms with Gasteiger partial charge in [0.25, 0.3) is 0 Å². The molecule has 0 unspecified atom stereocenters. The number of hydrogen-bond acceptors (Lipinski definition) is 3. The summed E-state index contributed by atoms with van der Waals surface area (Å²) >= 11 is 0. The number of benzene rings is 1. The molecule has 2 aliphatic rings. The molecule has 0 aromatic heterocycles. The van der Waals surface area contributed by atoms with Crippen LogP contribution in [0.2, 0.25) is 0 Å². The fraction of sp³-hybridized carbons (Fsp3) is 0.632. The highest BCUT2D eigenvalue weighted by atomic mass is 19.1. The molecule has 4 atom stereocenters. The summed E-state index contributed by atoms with van der Waals surface area (Å²) in [6.07, 6.45) is 3.88. The minimum absolute atomic E-state index is 0.0253. The van der Waals surface area contributed by atoms with Crippen LogP contribution in [-0.4, -0.2) is 31.8 Å². The lowest BCUT2D eigenvalue weighted by Gasteiger charge is -2.45. The number of halogens is 2. The van der Waals surface area contributed by atoms with Crippen molar-refractivity contribution in [2.24, 2.45) is 5.92 Å². The number of ether oxygens (including phenoxy) is 2. The van der Waals surface area contributed by atoms with Gasteiger partial charge >= 0.3 is 0 Å². The second-order valence-corrected chi connectivity index (χ2v) is 6.90. The Labute approximate surface area is 146 Å². The third-order valence-corrected chi connectivity index (χ3v) is 5.28. The lowest BCUT2D eigenvalue weighted by molar-refractivity contribution is -0.134. The lowest BCUT2D eigenvalue weighted by Crippen LogP contribution is -2.51. The fourth-order valence-corrected chi connectivity index (χ4v) is 4.07. The van der Waals surface area contributed by atoms with E-state index in [1.807, 2.05) is 0 Å². The molecule has 1 N–H and O–H groups in total. The van der Waals surface area contributed by atoms with Gasteiger partial charge in [-0.25, -0.2) is 8.78 Å². The first-order chi connectivity index (χ1) is 12.1. The third-order valence-electron chi connectivity index (χ3n) is 5.28. The summed E-state index contributed by atoms with van der Waals surface area (Å²) in [6.45, 7) is 0.356. The fourth-order valence-electron chi connectivity index (χ4n) is 4.07. The Morgan fingerprint density at radius 2 is 2.00 bits per heavy atom. The Morgan fingerprint density at radius 3 is 2.72 bits per heavy atom. The highest BCUT2D eigenvalue weighted by Crippen LogP contribution is 2.42. The molecule has 0 spiro atoms. The number of amides is 1. The van der Waals surface area contributed by atoms with Crippen molar-refractivity contribution in [3.63, 3.8) is 0 Å². The SMILES string of the molecule is COCCC(=O)N[C@@H]1C[C@H](c2c(F)cccc2F)O[C@@H]2CCCC[C@@H]12. The van der Waals surface area contributed by atoms with Gasteiger partial charge in [0.15, 0.2) is 0 Å². The van der Waals surface area contributed by atoms with Gasteiger partial charge in [0, 0.05) is 25.5 Å². The number of carbonyl (C=O) groups excluding carboxylic acids is 1. The van der Waals surface area contributed by atoms with E-state index in [-0.39, 0.29) is 36.0 Å². The van der Waals surface area contributed by atoms with Gasteiger partial charge in [0.1, 0.15) is 11.6 Å². The molecule has 0 radical (unpaired) electrons. The van der Waals surface area contributed by atoms with Crippen molar-refractivity contribution in [2.45, 2.75) is 56.8 Å². The zero-order valence-corrected chi connectivity index (χ0v) is 14.5. The Kier molecular flexibility index (Phi) is 6.02. The maximum absolute atomic E-state index is 14.2. The minimum atomic E-state index is -0.673. The van der Waals surface area contributed by atoms with E-state index in [2.05, 4.69) is 5.32 Å². The lowest BCUT2D eigenvalue weighted by atomic mass is 9.76. The molecule has 3 rings (SSSR count). The molecular weight excluding hydrogens is 328 g/mol. The summed E-state index contributed by atoms with van der Waals surface area (Å²) in [6, 6.07) is 3.72. The van der Waals surface area contributed by atoms with Gasteiger partial charge in [-0.05, 0) is 31.4 Å². The summed E-state index contributed by atoms with van der Waals surface area (Å²) < 4.78 is 39.4. The zero-order chi connectivity index (χ0) is 17.8. The average Bonchev–Trinajstić information content (AvgIpc) is 2.60. The van der Waals surface area contributed by atoms with Crippen molar-refractivity contribution >= 4 is 5.91 Å². The summed E-state index contributed by atoms with van der Waals surface area (Å²) in [7, 11) is 1.55. The van der Waals surface area contributed by atoms with E-state index in [1.54, 1.807) is 7.11 Å². The number of rotatable bonds is 5. The molecular formula is C19H25F2NO3. The maximum Gasteiger partial charge on any atom is 0.222 e. The molecule has 1 saturated heterocycles. The van der Waals surface area contributed by atoms with E-state index in [4.69, 9.17) is 9.47 Å². The largest absolute Gasteiger partial charge is 0.384 e. The molecule has 6 heteroatoms. The number of carbonyl (C=O) groups is 1. The van der Waals surface area contributed by atoms with Gasteiger partial charge in [0.05, 0.1) is 24.4 Å². The first-order valence-corrected chi connectivity index (χ1v) is 8.97. The summed E-state index contributed by atoms with van der Waals surface area (Å²) in [5.74, 6) is -1.08. The second-order valence-electron chi connectivity index (χ2n) is 6.90. The van der Waals surface area contributed by atoms with E-state index in [0.29, 0.717) is 13.0 Å². The predicted octanol–water partition coefficient (Wildman–Crippen LogP) is 3.51. The van der Waals surface area contributed by atoms with Gasteiger partial charge < -0.3 is 14.8 Å². The molecule has 1 heterocycles. The number of nitrogens with one attached hydrogen (secondary N) is 1. The van der Waals surface area contributed by atoms with Crippen molar-refractivity contribution in [1.82, 2.24) is 5.32 Å². The molecule has 1 aromatic rings. The quantitative estimate of drug-likeness (QED) is 0.881. The van der Waals surface area contributed by atoms with Crippen LogP contribution in [-0.2, 0) is 14.3 Å². The predicted molar refractivity (Wildman–Crippen MR) is 89.0 cm³/mol. The normalized spacial score (nSPS) is 29.1. The molecule has 138 valence electrons. The van der Waals surface area contributed by atoms with Crippen LogP contribution >= 0.6 is 0 Å². The van der Waals surface area contributed by atoms with E-state index in [9.17, 15) is 13.6 Å². The van der Waals surface area contributed by atoms with Crippen molar-refractivity contribution in [1.29, 1.82) is 0 Å². The van der Waals surface area contributed by atoms with Crippen molar-refractivity contribution in [3.8, 4) is 0 Å². The van der Waals surface area contributed by atoms with Crippen LogP contribution in [0.5, 0.6) is 0 Å². The van der Waals surface area contributed by atoms with Crippen LogP contribution in [0.15, 0.2) is 18.2 Å². The van der Waals surface area contributed by atoms with Crippen LogP contribution in [0, 0.1) is 17.6 Å². The molecule has 4 nitrogen and oxygen atoms in total. The molecule has 1 saturated carbocycles. The average molecular weight is 353 g/mol. The van der Waals surface area contributed by atoms with Crippen LogP contribution < -0.4 is 5.32 Å². The smallest absolute Gasteiger partial charge is 0.222 e. The van der Waals surface area contributed by atoms with Crippen LogP contribution in [0.1, 0.15) is 50.2 Å². The molecule has 25 heavy (non-hydrogen) atoms. The van der Waals surface area contributed by atoms with E-state index >= 15 is 0 Å². The number of fused-ring (bicyclic) bond motifs is 1. The molecule has 2 fully saturated rings. The van der Waals surface area contributed by atoms with Crippen molar-refractivity contribution in [3.05, 3.63) is 35.4 Å². The van der Waals surface area contributed by atoms with Crippen LogP contribution in [0.3, 0.4) is 0 Å². The second kappa shape index (κ2) is 8.23. The number of hydrogen-bond donors (Lipinski definition) is 1. The Morgan fingerprint density at radius 1 is 1.28 bits per heavy atom. The van der Waals surface area contributed by atoms with Crippen molar-refractivity contribution in [2.75, 3.05) is 13.7 Å². The maximum atomic E-state index is 14.2. The number of methoxy groups -OCH3 is 1. The minimum Gasteiger partial charge on any atom is -0.384 e. The van der Waals surface area contributed by atoms with E-state index < -0.39 is 17.7 Å². The van der Waals surface area contributed by atoms with E-state index in [1.165, 1.54) is 18.2 Å². The Hall–Kier alpha value is -1.53. The first kappa shape index (κ1) is 18.3. The molecule has 1 amide bonds. The summed E-state index contributed by atoms with van der Waals surface area (Å²) in [5.41, 5.74) is -0.0253. The highest BCUT2D eigenvalue weighted by Gasteiger charge is 2.42. The highest BCUT2D eigenvalue weighted by molar-refractivity contribution is 5.76. The van der Waals surface area contributed by atoms with Gasteiger partial charge in [-0.1, -0.05) is 18.9 Å². The monoisotopic (exact) mass is 353 g/mol. The zero-order valence-electron chi connectivity index (χ0n) is 14.5. The first-order valence-electron chi connectivity index (χ1n) is 8.97. The molecule has 1 aromatic carbocycles. The summed E-state index contributed by atoms with van der Waals surface area (Å²) in [4.78, 5) is 12.1. The van der Waals surface area contributed by atoms with Crippen LogP contribution in [0.4, 0.5) is 8.78 Å². The van der Waals surface area contributed by atoms with Crippen molar-refractivity contribution < 1.29 is 23.0 Å².